The molecule has 3 rings (SSSR count). The highest BCUT2D eigenvalue weighted by molar-refractivity contribution is 5.97. The van der Waals surface area contributed by atoms with E-state index in [0.29, 0.717) is 17.6 Å². The van der Waals surface area contributed by atoms with Crippen molar-refractivity contribution in [1.82, 2.24) is 5.32 Å². The standard InChI is InChI=1S/C24H22F4N2O2/c1-2-16-13-21(29)18(10-11-20(16)25)23(31)30-14-15-6-5-7-17(12-15)32-22-9-4-3-8-19(22)24(26,27)28/h3-12H,2,13-14,29H2,1H3,(H,30,31). The number of benzene rings is 2. The van der Waals surface area contributed by atoms with Gasteiger partial charge in [0.25, 0.3) is 5.91 Å². The molecular formula is C24H22F4N2O2. The number of para-hydroxylation sites is 1. The van der Waals surface area contributed by atoms with E-state index < -0.39 is 23.5 Å². The number of amides is 1. The molecule has 0 atom stereocenters. The van der Waals surface area contributed by atoms with Crippen LogP contribution >= 0.6 is 0 Å². The molecule has 3 N–H and O–H groups in total. The van der Waals surface area contributed by atoms with Crippen LogP contribution in [-0.4, -0.2) is 5.91 Å². The maximum absolute atomic E-state index is 14.0. The third kappa shape index (κ3) is 5.57. The van der Waals surface area contributed by atoms with E-state index in [1.54, 1.807) is 12.1 Å². The van der Waals surface area contributed by atoms with E-state index in [1.807, 2.05) is 6.92 Å². The number of allylic oxidation sites excluding steroid dienone is 3. The van der Waals surface area contributed by atoms with Gasteiger partial charge in [0.1, 0.15) is 17.3 Å². The molecule has 0 aromatic heterocycles. The van der Waals surface area contributed by atoms with Gasteiger partial charge in [0.15, 0.2) is 0 Å². The van der Waals surface area contributed by atoms with Crippen LogP contribution in [0.4, 0.5) is 17.6 Å². The molecule has 0 unspecified atom stereocenters. The molecule has 32 heavy (non-hydrogen) atoms. The second kappa shape index (κ2) is 9.72. The molecule has 0 saturated carbocycles. The normalized spacial score (nSPS) is 14.4. The summed E-state index contributed by atoms with van der Waals surface area (Å²) in [5.41, 5.74) is 6.68. The van der Waals surface area contributed by atoms with Crippen molar-refractivity contribution >= 4 is 5.91 Å². The second-order valence-electron chi connectivity index (χ2n) is 7.18. The number of hydrogen-bond acceptors (Lipinski definition) is 3. The molecule has 1 aliphatic rings. The van der Waals surface area contributed by atoms with Crippen LogP contribution in [0, 0.1) is 0 Å². The van der Waals surface area contributed by atoms with Gasteiger partial charge in [-0.2, -0.15) is 13.2 Å². The summed E-state index contributed by atoms with van der Waals surface area (Å²) >= 11 is 0. The van der Waals surface area contributed by atoms with E-state index in [9.17, 15) is 22.4 Å². The average molecular weight is 446 g/mol. The third-order valence-electron chi connectivity index (χ3n) is 4.93. The molecule has 168 valence electrons. The lowest BCUT2D eigenvalue weighted by atomic mass is 10.1. The number of carbonyl (C=O) groups is 1. The zero-order valence-corrected chi connectivity index (χ0v) is 17.3. The summed E-state index contributed by atoms with van der Waals surface area (Å²) in [4.78, 5) is 12.6. The van der Waals surface area contributed by atoms with E-state index in [-0.39, 0.29) is 35.7 Å². The van der Waals surface area contributed by atoms with Crippen molar-refractivity contribution in [2.24, 2.45) is 5.73 Å². The fraction of sp³-hybridized carbons (Fsp3) is 0.208. The summed E-state index contributed by atoms with van der Waals surface area (Å²) in [5, 5.41) is 2.70. The molecule has 1 aliphatic carbocycles. The summed E-state index contributed by atoms with van der Waals surface area (Å²) in [6.07, 6.45) is -1.33. The van der Waals surface area contributed by atoms with Crippen LogP contribution in [0.5, 0.6) is 11.5 Å². The first-order valence-electron chi connectivity index (χ1n) is 9.94. The predicted octanol–water partition coefficient (Wildman–Crippen LogP) is 5.92. The van der Waals surface area contributed by atoms with Crippen LogP contribution < -0.4 is 15.8 Å². The Kier molecular flexibility index (Phi) is 7.02. The summed E-state index contributed by atoms with van der Waals surface area (Å²) in [6.45, 7) is 1.89. The van der Waals surface area contributed by atoms with Gasteiger partial charge in [0, 0.05) is 18.7 Å². The van der Waals surface area contributed by atoms with Crippen LogP contribution in [0.1, 0.15) is 30.9 Å². The minimum absolute atomic E-state index is 0.0815. The van der Waals surface area contributed by atoms with Crippen molar-refractivity contribution in [2.45, 2.75) is 32.5 Å². The van der Waals surface area contributed by atoms with Gasteiger partial charge in [-0.1, -0.05) is 31.2 Å². The molecule has 2 aromatic rings. The van der Waals surface area contributed by atoms with E-state index in [4.69, 9.17) is 10.5 Å². The molecular weight excluding hydrogens is 424 g/mol. The van der Waals surface area contributed by atoms with Gasteiger partial charge in [0.05, 0.1) is 11.1 Å². The van der Waals surface area contributed by atoms with Gasteiger partial charge in [-0.3, -0.25) is 4.79 Å². The molecule has 0 saturated heterocycles. The van der Waals surface area contributed by atoms with Crippen molar-refractivity contribution < 1.29 is 27.1 Å². The smallest absolute Gasteiger partial charge is 0.419 e. The molecule has 2 aromatic carbocycles. The Morgan fingerprint density at radius 2 is 1.88 bits per heavy atom. The Labute approximate surface area is 183 Å². The Balaban J connectivity index is 1.70. The molecule has 0 radical (unpaired) electrons. The highest BCUT2D eigenvalue weighted by Crippen LogP contribution is 2.38. The Bertz CT molecular complexity index is 1100. The second-order valence-corrected chi connectivity index (χ2v) is 7.18. The lowest BCUT2D eigenvalue weighted by Gasteiger charge is -2.14. The lowest BCUT2D eigenvalue weighted by molar-refractivity contribution is -0.138. The van der Waals surface area contributed by atoms with Crippen LogP contribution in [-0.2, 0) is 17.5 Å². The molecule has 8 heteroatoms. The first-order valence-corrected chi connectivity index (χ1v) is 9.94. The van der Waals surface area contributed by atoms with E-state index in [0.717, 1.165) is 6.07 Å². The highest BCUT2D eigenvalue weighted by atomic mass is 19.4. The van der Waals surface area contributed by atoms with Crippen molar-refractivity contribution in [2.75, 3.05) is 0 Å². The van der Waals surface area contributed by atoms with Gasteiger partial charge in [-0.15, -0.1) is 0 Å². The summed E-state index contributed by atoms with van der Waals surface area (Å²) in [7, 11) is 0. The van der Waals surface area contributed by atoms with Crippen LogP contribution in [0.15, 0.2) is 83.4 Å². The number of halogens is 4. The van der Waals surface area contributed by atoms with Crippen LogP contribution in [0.3, 0.4) is 0 Å². The Morgan fingerprint density at radius 3 is 2.59 bits per heavy atom. The molecule has 0 spiro atoms. The highest BCUT2D eigenvalue weighted by Gasteiger charge is 2.34. The minimum Gasteiger partial charge on any atom is -0.457 e. The molecule has 0 bridgehead atoms. The quantitative estimate of drug-likeness (QED) is 0.542. The van der Waals surface area contributed by atoms with Crippen molar-refractivity contribution in [3.63, 3.8) is 0 Å². The maximum Gasteiger partial charge on any atom is 0.419 e. The fourth-order valence-corrected chi connectivity index (χ4v) is 3.22. The summed E-state index contributed by atoms with van der Waals surface area (Å²) in [6, 6.07) is 11.3. The molecule has 0 aliphatic heterocycles. The van der Waals surface area contributed by atoms with Crippen LogP contribution in [0.25, 0.3) is 0 Å². The number of ether oxygens (including phenoxy) is 1. The Morgan fingerprint density at radius 1 is 1.12 bits per heavy atom. The first kappa shape index (κ1) is 23.1. The van der Waals surface area contributed by atoms with Crippen LogP contribution in [0.2, 0.25) is 0 Å². The molecule has 1 amide bonds. The molecule has 0 fully saturated rings. The number of alkyl halides is 3. The van der Waals surface area contributed by atoms with Crippen molar-refractivity contribution in [3.8, 4) is 11.5 Å². The zero-order chi connectivity index (χ0) is 23.3. The fourth-order valence-electron chi connectivity index (χ4n) is 3.22. The van der Waals surface area contributed by atoms with Crippen molar-refractivity contribution in [1.29, 1.82) is 0 Å². The largest absolute Gasteiger partial charge is 0.457 e. The Hall–Kier alpha value is -3.55. The zero-order valence-electron chi connectivity index (χ0n) is 17.3. The van der Waals surface area contributed by atoms with E-state index in [2.05, 4.69) is 5.32 Å². The lowest BCUT2D eigenvalue weighted by Crippen LogP contribution is -2.26. The number of carbonyl (C=O) groups excluding carboxylic acids is 1. The summed E-state index contributed by atoms with van der Waals surface area (Å²) < 4.78 is 59.0. The average Bonchev–Trinajstić information content (AvgIpc) is 2.90. The van der Waals surface area contributed by atoms with E-state index >= 15 is 0 Å². The van der Waals surface area contributed by atoms with Gasteiger partial charge in [-0.25, -0.2) is 4.39 Å². The summed E-state index contributed by atoms with van der Waals surface area (Å²) in [5.74, 6) is -0.996. The van der Waals surface area contributed by atoms with Crippen molar-refractivity contribution in [3.05, 3.63) is 94.5 Å². The van der Waals surface area contributed by atoms with Gasteiger partial charge >= 0.3 is 6.18 Å². The SMILES string of the molecule is CCC1=C(F)C=CC(C(=O)NCc2cccc(Oc3ccccc3C(F)(F)F)c2)=C(N)C1. The number of nitrogens with one attached hydrogen (secondary N) is 1. The number of rotatable bonds is 6. The topological polar surface area (TPSA) is 64.3 Å². The van der Waals surface area contributed by atoms with E-state index in [1.165, 1.54) is 42.5 Å². The van der Waals surface area contributed by atoms with Gasteiger partial charge < -0.3 is 15.8 Å². The maximum atomic E-state index is 14.0. The molecule has 0 heterocycles. The number of hydrogen-bond donors (Lipinski definition) is 2. The third-order valence-corrected chi connectivity index (χ3v) is 4.93. The number of nitrogens with two attached hydrogens (primary N) is 1. The predicted molar refractivity (Wildman–Crippen MR) is 113 cm³/mol. The van der Waals surface area contributed by atoms with Gasteiger partial charge in [-0.05, 0) is 54.0 Å². The first-order chi connectivity index (χ1) is 15.2. The molecule has 4 nitrogen and oxygen atoms in total. The monoisotopic (exact) mass is 446 g/mol. The minimum atomic E-state index is -4.55. The van der Waals surface area contributed by atoms with Gasteiger partial charge in [0.2, 0.25) is 0 Å².